The van der Waals surface area contributed by atoms with Crippen molar-refractivity contribution in [1.29, 1.82) is 0 Å². The molecule has 0 aromatic carbocycles. The number of hydrogen-bond acceptors (Lipinski definition) is 2. The van der Waals surface area contributed by atoms with Gasteiger partial charge in [-0.15, -0.1) is 0 Å². The summed E-state index contributed by atoms with van der Waals surface area (Å²) in [7, 11) is 9.81. The Hall–Kier alpha value is -0.484. The van der Waals surface area contributed by atoms with Gasteiger partial charge in [0.2, 0.25) is 0 Å². The Morgan fingerprint density at radius 1 is 0.882 bits per heavy atom. The van der Waals surface area contributed by atoms with E-state index in [2.05, 4.69) is 23.8 Å². The first-order chi connectivity index (χ1) is 8.17. The number of halogens is 2. The molecule has 2 aromatic heterocycles. The average Bonchev–Trinajstić information content (AvgIpc) is 2.30. The number of rotatable bonds is 1. The van der Waals surface area contributed by atoms with Gasteiger partial charge in [-0.2, -0.15) is 0 Å². The minimum absolute atomic E-state index is 0.639. The Morgan fingerprint density at radius 3 is 1.53 bits per heavy atom. The molecule has 0 saturated heterocycles. The summed E-state index contributed by atoms with van der Waals surface area (Å²) in [6.07, 6.45) is 3.63. The van der Waals surface area contributed by atoms with Gasteiger partial charge in [-0.3, -0.25) is 9.97 Å². The maximum absolute atomic E-state index is 4.90. The Balaban J connectivity index is 0.000000437. The van der Waals surface area contributed by atoms with Crippen LogP contribution in [0.5, 0.6) is 0 Å². The molecule has 0 aliphatic heterocycles. The van der Waals surface area contributed by atoms with Gasteiger partial charge in [0.25, 0.3) is 0 Å². The standard InChI is InChI=1S/C12H12N2.2ClH.Os/c1-9-3-5-13-11(7-9)12-8-10(2)4-6-14-12;;;/h3-8H,1-2H3;2*1H;/q;;;+2/p-2. The third-order valence-electron chi connectivity index (χ3n) is 2.09. The maximum atomic E-state index is 4.90. The zero-order valence-corrected chi connectivity index (χ0v) is 13.5. The first-order valence-electron chi connectivity index (χ1n) is 4.88. The second-order valence-electron chi connectivity index (χ2n) is 3.49. The van der Waals surface area contributed by atoms with Gasteiger partial charge in [0.15, 0.2) is 0 Å². The third kappa shape index (κ3) is 5.13. The second kappa shape index (κ2) is 7.77. The first-order valence-corrected chi connectivity index (χ1v) is 11.2. The minimum atomic E-state index is -0.639. The van der Waals surface area contributed by atoms with Crippen LogP contribution >= 0.6 is 19.3 Å². The molecule has 2 aromatic rings. The zero-order chi connectivity index (χ0) is 12.7. The van der Waals surface area contributed by atoms with Gasteiger partial charge in [0, 0.05) is 12.4 Å². The molecule has 0 bridgehead atoms. The van der Waals surface area contributed by atoms with E-state index in [0.29, 0.717) is 0 Å². The number of aryl methyl sites for hydroxylation is 2. The van der Waals surface area contributed by atoms with Crippen LogP contribution in [0.25, 0.3) is 11.4 Å². The molecule has 0 aliphatic carbocycles. The van der Waals surface area contributed by atoms with Crippen LogP contribution in [-0.4, -0.2) is 9.97 Å². The third-order valence-corrected chi connectivity index (χ3v) is 2.09. The summed E-state index contributed by atoms with van der Waals surface area (Å²) >= 11 is -0.639. The Bertz CT molecular complexity index is 434. The fourth-order valence-electron chi connectivity index (χ4n) is 1.35. The number of hydrogen-bond donors (Lipinski definition) is 0. The van der Waals surface area contributed by atoms with Crippen molar-refractivity contribution in [2.45, 2.75) is 13.8 Å². The molecule has 5 heteroatoms. The van der Waals surface area contributed by atoms with E-state index in [9.17, 15) is 0 Å². The normalized spacial score (nSPS) is 9.65. The fraction of sp³-hybridized carbons (Fsp3) is 0.167. The van der Waals surface area contributed by atoms with Crippen LogP contribution in [-0.2, 0) is 15.4 Å². The molecule has 92 valence electrons. The predicted octanol–water partition coefficient (Wildman–Crippen LogP) is 4.14. The molecule has 2 nitrogen and oxygen atoms in total. The molecule has 0 radical (unpaired) electrons. The quantitative estimate of drug-likeness (QED) is 0.660. The van der Waals surface area contributed by atoms with Crippen molar-refractivity contribution in [3.8, 4) is 11.4 Å². The molecule has 17 heavy (non-hydrogen) atoms. The molecule has 0 amide bonds. The van der Waals surface area contributed by atoms with Gasteiger partial charge in [-0.05, 0) is 49.2 Å². The van der Waals surface area contributed by atoms with Gasteiger partial charge in [0.05, 0.1) is 11.4 Å². The zero-order valence-electron chi connectivity index (χ0n) is 9.47. The summed E-state index contributed by atoms with van der Waals surface area (Å²) in [5.74, 6) is 0. The second-order valence-corrected chi connectivity index (χ2v) is 7.16. The molecule has 0 N–H and O–H groups in total. The first kappa shape index (κ1) is 14.6. The van der Waals surface area contributed by atoms with E-state index >= 15 is 0 Å². The fourth-order valence-corrected chi connectivity index (χ4v) is 1.35. The summed E-state index contributed by atoms with van der Waals surface area (Å²) in [5, 5.41) is 0. The molecular formula is C12H12Cl2N2Os. The van der Waals surface area contributed by atoms with Crippen LogP contribution in [0.3, 0.4) is 0 Å². The molecule has 2 heterocycles. The van der Waals surface area contributed by atoms with Crippen LogP contribution in [0.15, 0.2) is 36.7 Å². The van der Waals surface area contributed by atoms with E-state index < -0.39 is 15.4 Å². The van der Waals surface area contributed by atoms with Crippen LogP contribution < -0.4 is 0 Å². The molecule has 0 saturated carbocycles. The van der Waals surface area contributed by atoms with Crippen LogP contribution in [0, 0.1) is 13.8 Å². The summed E-state index contributed by atoms with van der Waals surface area (Å²) in [4.78, 5) is 8.58. The average molecular weight is 445 g/mol. The van der Waals surface area contributed by atoms with Crippen molar-refractivity contribution in [3.63, 3.8) is 0 Å². The van der Waals surface area contributed by atoms with Crippen LogP contribution in [0.2, 0.25) is 0 Å². The van der Waals surface area contributed by atoms with Crippen molar-refractivity contribution in [2.75, 3.05) is 0 Å². The van der Waals surface area contributed by atoms with Crippen LogP contribution in [0.4, 0.5) is 0 Å². The van der Waals surface area contributed by atoms with Crippen molar-refractivity contribution in [1.82, 2.24) is 9.97 Å². The van der Waals surface area contributed by atoms with E-state index in [0.717, 1.165) is 11.4 Å². The Kier molecular flexibility index (Phi) is 6.66. The van der Waals surface area contributed by atoms with E-state index in [4.69, 9.17) is 19.3 Å². The molecule has 0 unspecified atom stereocenters. The summed E-state index contributed by atoms with van der Waals surface area (Å²) < 4.78 is 0. The number of aromatic nitrogens is 2. The monoisotopic (exact) mass is 446 g/mol. The summed E-state index contributed by atoms with van der Waals surface area (Å²) in [6, 6.07) is 8.06. The number of pyridine rings is 2. The van der Waals surface area contributed by atoms with Gasteiger partial charge < -0.3 is 0 Å². The summed E-state index contributed by atoms with van der Waals surface area (Å²) in [6.45, 7) is 4.11. The Morgan fingerprint density at radius 2 is 1.24 bits per heavy atom. The van der Waals surface area contributed by atoms with Gasteiger partial charge >= 0.3 is 34.7 Å². The van der Waals surface area contributed by atoms with E-state index in [1.165, 1.54) is 11.1 Å². The van der Waals surface area contributed by atoms with Crippen molar-refractivity contribution < 1.29 is 15.4 Å². The van der Waals surface area contributed by atoms with Gasteiger partial charge in [-0.25, -0.2) is 0 Å². The number of nitrogens with zero attached hydrogens (tertiary/aromatic N) is 2. The van der Waals surface area contributed by atoms with Crippen molar-refractivity contribution >= 4 is 19.3 Å². The van der Waals surface area contributed by atoms with E-state index in [-0.39, 0.29) is 0 Å². The molecule has 0 spiro atoms. The topological polar surface area (TPSA) is 25.8 Å². The molecule has 2 rings (SSSR count). The predicted molar refractivity (Wildman–Crippen MR) is 68.6 cm³/mol. The molecule has 0 fully saturated rings. The molecular weight excluding hydrogens is 433 g/mol. The van der Waals surface area contributed by atoms with Crippen molar-refractivity contribution in [2.24, 2.45) is 0 Å². The summed E-state index contributed by atoms with van der Waals surface area (Å²) in [5.41, 5.74) is 4.29. The van der Waals surface area contributed by atoms with Gasteiger partial charge in [-0.1, -0.05) is 0 Å². The van der Waals surface area contributed by atoms with Crippen LogP contribution in [0.1, 0.15) is 11.1 Å². The van der Waals surface area contributed by atoms with E-state index in [1.54, 1.807) is 0 Å². The van der Waals surface area contributed by atoms with E-state index in [1.807, 2.05) is 36.7 Å². The Labute approximate surface area is 117 Å². The van der Waals surface area contributed by atoms with Gasteiger partial charge in [0.1, 0.15) is 0 Å². The SMILES string of the molecule is Cc1ccnc(-c2cc(C)ccn2)c1.[Cl][Os][Cl]. The molecule has 0 atom stereocenters. The van der Waals surface area contributed by atoms with Crippen molar-refractivity contribution in [3.05, 3.63) is 47.8 Å². The molecule has 0 aliphatic rings.